The van der Waals surface area contributed by atoms with Gasteiger partial charge in [0.1, 0.15) is 0 Å². The number of hydrogen-bond acceptors (Lipinski definition) is 1. The molecule has 1 rings (SSSR count). The minimum atomic E-state index is -4.64. The molecule has 0 bridgehead atoms. The summed E-state index contributed by atoms with van der Waals surface area (Å²) in [4.78, 5) is 21.6. The van der Waals surface area contributed by atoms with E-state index < -0.39 is 7.82 Å². The molecule has 86 valence electrons. The van der Waals surface area contributed by atoms with Gasteiger partial charge in [-0.1, -0.05) is 38.1 Å². The highest BCUT2D eigenvalue weighted by atomic mass is 31.2. The third-order valence-corrected chi connectivity index (χ3v) is 1.88. The van der Waals surface area contributed by atoms with Crippen LogP contribution in [0.25, 0.3) is 0 Å². The molecule has 0 radical (unpaired) electrons. The molecule has 0 fully saturated rings. The Hall–Kier alpha value is -0.670. The van der Waals surface area contributed by atoms with Gasteiger partial charge in [0.15, 0.2) is 0 Å². The van der Waals surface area contributed by atoms with E-state index in [1.54, 1.807) is 0 Å². The van der Waals surface area contributed by atoms with Gasteiger partial charge in [-0.3, -0.25) is 0 Å². The van der Waals surface area contributed by atoms with E-state index in [1.165, 1.54) is 11.1 Å². The van der Waals surface area contributed by atoms with Crippen molar-refractivity contribution in [3.63, 3.8) is 0 Å². The Morgan fingerprint density at radius 1 is 1.00 bits per heavy atom. The second kappa shape index (κ2) is 6.75. The average molecular weight is 232 g/mol. The van der Waals surface area contributed by atoms with Gasteiger partial charge in [-0.25, -0.2) is 4.57 Å². The smallest absolute Gasteiger partial charge is 0.303 e. The molecule has 4 nitrogen and oxygen atoms in total. The summed E-state index contributed by atoms with van der Waals surface area (Å²) < 4.78 is 8.88. The lowest BCUT2D eigenvalue weighted by molar-refractivity contribution is 0.275. The first kappa shape index (κ1) is 14.3. The van der Waals surface area contributed by atoms with Crippen molar-refractivity contribution in [3.8, 4) is 0 Å². The highest BCUT2D eigenvalue weighted by molar-refractivity contribution is 7.45. The molecule has 3 N–H and O–H groups in total. The fourth-order valence-electron chi connectivity index (χ4n) is 1.25. The maximum Gasteiger partial charge on any atom is 0.466 e. The second-order valence-electron chi connectivity index (χ2n) is 2.99. The van der Waals surface area contributed by atoms with Gasteiger partial charge in [-0.15, -0.1) is 0 Å². The van der Waals surface area contributed by atoms with Crippen LogP contribution in [0.5, 0.6) is 0 Å². The molecule has 0 amide bonds. The molecule has 0 saturated carbocycles. The summed E-state index contributed by atoms with van der Waals surface area (Å²) in [5.41, 5.74) is 2.98. The quantitative estimate of drug-likeness (QED) is 0.680. The molecule has 0 atom stereocenters. The Balaban J connectivity index is 0.000000336. The lowest BCUT2D eigenvalue weighted by Gasteiger charge is -2.02. The van der Waals surface area contributed by atoms with Crippen LogP contribution in [0, 0.1) is 0 Å². The number of phosphoric acid groups is 1. The molecule has 0 heterocycles. The molecule has 0 unspecified atom stereocenters. The SMILES string of the molecule is CCc1ccccc1CC.O=P(O)(O)O. The van der Waals surface area contributed by atoms with Crippen molar-refractivity contribution in [2.75, 3.05) is 0 Å². The summed E-state index contributed by atoms with van der Waals surface area (Å²) in [6, 6.07) is 8.63. The van der Waals surface area contributed by atoms with Crippen molar-refractivity contribution in [2.45, 2.75) is 26.7 Å². The maximum atomic E-state index is 8.88. The maximum absolute atomic E-state index is 8.88. The molecule has 1 aromatic carbocycles. The Morgan fingerprint density at radius 2 is 1.27 bits per heavy atom. The molecule has 0 spiro atoms. The standard InChI is InChI=1S/C10H14.H3O4P/c1-3-9-7-5-6-8-10(9)4-2;1-5(2,3)4/h5-8H,3-4H2,1-2H3;(H3,1,2,3,4). The van der Waals surface area contributed by atoms with Gasteiger partial charge in [-0.2, -0.15) is 0 Å². The molecule has 0 aliphatic carbocycles. The van der Waals surface area contributed by atoms with Gasteiger partial charge in [-0.05, 0) is 24.0 Å². The number of aryl methyl sites for hydroxylation is 2. The second-order valence-corrected chi connectivity index (χ2v) is 4.02. The van der Waals surface area contributed by atoms with Crippen LogP contribution in [-0.4, -0.2) is 14.7 Å². The zero-order valence-electron chi connectivity index (χ0n) is 8.92. The summed E-state index contributed by atoms with van der Waals surface area (Å²) in [5, 5.41) is 0. The molecule has 15 heavy (non-hydrogen) atoms. The van der Waals surface area contributed by atoms with Gasteiger partial charge < -0.3 is 14.7 Å². The minimum absolute atomic E-state index is 1.16. The van der Waals surface area contributed by atoms with Crippen LogP contribution in [0.3, 0.4) is 0 Å². The Morgan fingerprint density at radius 3 is 1.47 bits per heavy atom. The fraction of sp³-hybridized carbons (Fsp3) is 0.400. The minimum Gasteiger partial charge on any atom is -0.303 e. The summed E-state index contributed by atoms with van der Waals surface area (Å²) in [6.07, 6.45) is 2.31. The van der Waals surface area contributed by atoms with Crippen LogP contribution >= 0.6 is 7.82 Å². The highest BCUT2D eigenvalue weighted by Gasteiger charge is 2.00. The molecule has 0 aromatic heterocycles. The van der Waals surface area contributed by atoms with E-state index in [1.807, 2.05) is 0 Å². The Bertz CT molecular complexity index is 301. The summed E-state index contributed by atoms with van der Waals surface area (Å²) in [7, 11) is -4.64. The molecule has 0 aliphatic heterocycles. The number of benzene rings is 1. The largest absolute Gasteiger partial charge is 0.466 e. The van der Waals surface area contributed by atoms with Gasteiger partial charge in [0.05, 0.1) is 0 Å². The van der Waals surface area contributed by atoms with Crippen molar-refractivity contribution in [2.24, 2.45) is 0 Å². The van der Waals surface area contributed by atoms with Gasteiger partial charge in [0, 0.05) is 0 Å². The van der Waals surface area contributed by atoms with Crippen molar-refractivity contribution < 1.29 is 19.2 Å². The number of hydrogen-bond donors (Lipinski definition) is 3. The van der Waals surface area contributed by atoms with Gasteiger partial charge in [0.25, 0.3) is 0 Å². The monoisotopic (exact) mass is 232 g/mol. The predicted octanol–water partition coefficient (Wildman–Crippen LogP) is 1.88. The predicted molar refractivity (Wildman–Crippen MR) is 59.5 cm³/mol. The third kappa shape index (κ3) is 8.33. The van der Waals surface area contributed by atoms with Crippen molar-refractivity contribution in [1.82, 2.24) is 0 Å². The average Bonchev–Trinajstić information content (AvgIpc) is 2.15. The van der Waals surface area contributed by atoms with Gasteiger partial charge in [0.2, 0.25) is 0 Å². The number of rotatable bonds is 2. The Kier molecular flexibility index (Phi) is 6.45. The first-order valence-electron chi connectivity index (χ1n) is 4.73. The van der Waals surface area contributed by atoms with E-state index in [0.717, 1.165) is 12.8 Å². The summed E-state index contributed by atoms with van der Waals surface area (Å²) >= 11 is 0. The first-order valence-corrected chi connectivity index (χ1v) is 6.30. The van der Waals surface area contributed by atoms with Crippen LogP contribution in [0.2, 0.25) is 0 Å². The normalized spacial score (nSPS) is 10.5. The fourth-order valence-corrected chi connectivity index (χ4v) is 1.25. The van der Waals surface area contributed by atoms with Gasteiger partial charge >= 0.3 is 7.82 Å². The van der Waals surface area contributed by atoms with Crippen LogP contribution in [0.1, 0.15) is 25.0 Å². The summed E-state index contributed by atoms with van der Waals surface area (Å²) in [6.45, 7) is 4.41. The highest BCUT2D eigenvalue weighted by Crippen LogP contribution is 2.25. The topological polar surface area (TPSA) is 77.8 Å². The summed E-state index contributed by atoms with van der Waals surface area (Å²) in [5.74, 6) is 0. The molecule has 1 aromatic rings. The van der Waals surface area contributed by atoms with Crippen LogP contribution < -0.4 is 0 Å². The molecule has 0 aliphatic rings. The zero-order chi connectivity index (χ0) is 11.9. The van der Waals surface area contributed by atoms with E-state index in [2.05, 4.69) is 38.1 Å². The molecular formula is C10H17O4P. The van der Waals surface area contributed by atoms with E-state index in [4.69, 9.17) is 19.2 Å². The molecule has 0 saturated heterocycles. The first-order chi connectivity index (χ1) is 6.88. The lowest BCUT2D eigenvalue weighted by atomic mass is 10.0. The van der Waals surface area contributed by atoms with E-state index in [-0.39, 0.29) is 0 Å². The Labute approximate surface area is 89.8 Å². The van der Waals surface area contributed by atoms with Crippen molar-refractivity contribution in [3.05, 3.63) is 35.4 Å². The van der Waals surface area contributed by atoms with E-state index >= 15 is 0 Å². The lowest BCUT2D eigenvalue weighted by Crippen LogP contribution is -1.88. The van der Waals surface area contributed by atoms with Crippen molar-refractivity contribution >= 4 is 7.82 Å². The van der Waals surface area contributed by atoms with Crippen LogP contribution in [0.4, 0.5) is 0 Å². The van der Waals surface area contributed by atoms with Crippen molar-refractivity contribution in [1.29, 1.82) is 0 Å². The molecule has 5 heteroatoms. The molecular weight excluding hydrogens is 215 g/mol. The zero-order valence-corrected chi connectivity index (χ0v) is 9.82. The van der Waals surface area contributed by atoms with E-state index in [0.29, 0.717) is 0 Å². The van der Waals surface area contributed by atoms with Crippen LogP contribution in [0.15, 0.2) is 24.3 Å². The third-order valence-electron chi connectivity index (χ3n) is 1.88. The van der Waals surface area contributed by atoms with Crippen LogP contribution in [-0.2, 0) is 17.4 Å². The van der Waals surface area contributed by atoms with E-state index in [9.17, 15) is 0 Å².